The van der Waals surface area contributed by atoms with Crippen LogP contribution in [0.1, 0.15) is 19.3 Å². The van der Waals surface area contributed by atoms with Gasteiger partial charge in [0.2, 0.25) is 0 Å². The minimum absolute atomic E-state index is 1.06. The molecular weight excluding hydrogens is 212 g/mol. The second-order valence-electron chi connectivity index (χ2n) is 4.41. The van der Waals surface area contributed by atoms with E-state index in [0.29, 0.717) is 0 Å². The van der Waals surface area contributed by atoms with Crippen molar-refractivity contribution in [2.75, 3.05) is 18.0 Å². The molecule has 1 aromatic heterocycles. The summed E-state index contributed by atoms with van der Waals surface area (Å²) in [6.45, 7) is 2.37. The Morgan fingerprint density at radius 2 is 1.59 bits per heavy atom. The zero-order valence-corrected chi connectivity index (χ0v) is 9.79. The quantitative estimate of drug-likeness (QED) is 0.790. The van der Waals surface area contributed by atoms with Crippen molar-refractivity contribution in [1.29, 1.82) is 0 Å². The molecule has 17 heavy (non-hydrogen) atoms. The maximum atomic E-state index is 3.98. The van der Waals surface area contributed by atoms with Gasteiger partial charge >= 0.3 is 0 Å². The molecule has 0 spiro atoms. The molecule has 0 N–H and O–H groups in total. The van der Waals surface area contributed by atoms with E-state index in [2.05, 4.69) is 39.5 Å². The van der Waals surface area contributed by atoms with Gasteiger partial charge in [-0.25, -0.2) is 4.68 Å². The van der Waals surface area contributed by atoms with Gasteiger partial charge in [0, 0.05) is 18.8 Å². The Kier molecular flexibility index (Phi) is 2.78. The Balaban J connectivity index is 1.80. The summed E-state index contributed by atoms with van der Waals surface area (Å²) in [7, 11) is 0. The zero-order valence-electron chi connectivity index (χ0n) is 9.79. The average molecular weight is 228 g/mol. The fourth-order valence-electron chi connectivity index (χ4n) is 2.31. The SMILES string of the molecule is c1cn(-c2ccc(N3CCCCC3)cc2)nn1. The van der Waals surface area contributed by atoms with E-state index in [4.69, 9.17) is 0 Å². The van der Waals surface area contributed by atoms with E-state index < -0.39 is 0 Å². The lowest BCUT2D eigenvalue weighted by Crippen LogP contribution is -2.29. The van der Waals surface area contributed by atoms with Crippen LogP contribution in [0.2, 0.25) is 0 Å². The van der Waals surface area contributed by atoms with Crippen LogP contribution in [0.3, 0.4) is 0 Å². The van der Waals surface area contributed by atoms with E-state index in [9.17, 15) is 0 Å². The third-order valence-electron chi connectivity index (χ3n) is 3.26. The molecule has 2 heterocycles. The number of piperidine rings is 1. The maximum absolute atomic E-state index is 3.98. The molecule has 88 valence electrons. The molecule has 0 bridgehead atoms. The van der Waals surface area contributed by atoms with Gasteiger partial charge in [0.25, 0.3) is 0 Å². The van der Waals surface area contributed by atoms with Crippen LogP contribution in [0, 0.1) is 0 Å². The molecule has 1 aliphatic heterocycles. The highest BCUT2D eigenvalue weighted by molar-refractivity contribution is 5.50. The van der Waals surface area contributed by atoms with E-state index in [-0.39, 0.29) is 0 Å². The summed E-state index contributed by atoms with van der Waals surface area (Å²) in [5.74, 6) is 0. The summed E-state index contributed by atoms with van der Waals surface area (Å²) in [5, 5.41) is 7.80. The zero-order chi connectivity index (χ0) is 11.5. The van der Waals surface area contributed by atoms with Crippen LogP contribution in [-0.4, -0.2) is 28.1 Å². The number of anilines is 1. The van der Waals surface area contributed by atoms with E-state index >= 15 is 0 Å². The van der Waals surface area contributed by atoms with Crippen molar-refractivity contribution in [3.8, 4) is 5.69 Å². The largest absolute Gasteiger partial charge is 0.372 e. The first kappa shape index (κ1) is 10.3. The van der Waals surface area contributed by atoms with Crippen molar-refractivity contribution in [1.82, 2.24) is 15.0 Å². The summed E-state index contributed by atoms with van der Waals surface area (Å²) in [4.78, 5) is 2.45. The lowest BCUT2D eigenvalue weighted by Gasteiger charge is -2.28. The molecule has 1 aliphatic rings. The summed E-state index contributed by atoms with van der Waals surface area (Å²) in [6, 6.07) is 8.53. The highest BCUT2D eigenvalue weighted by Crippen LogP contribution is 2.20. The number of hydrogen-bond donors (Lipinski definition) is 0. The van der Waals surface area contributed by atoms with Gasteiger partial charge in [-0.1, -0.05) is 5.21 Å². The predicted molar refractivity (Wildman–Crippen MR) is 67.4 cm³/mol. The van der Waals surface area contributed by atoms with Crippen molar-refractivity contribution in [3.63, 3.8) is 0 Å². The van der Waals surface area contributed by atoms with Crippen LogP contribution >= 0.6 is 0 Å². The number of nitrogens with zero attached hydrogens (tertiary/aromatic N) is 4. The smallest absolute Gasteiger partial charge is 0.0697 e. The van der Waals surface area contributed by atoms with Gasteiger partial charge in [0.15, 0.2) is 0 Å². The molecule has 0 aliphatic carbocycles. The van der Waals surface area contributed by atoms with E-state index in [1.807, 2.05) is 6.20 Å². The molecule has 0 amide bonds. The molecule has 3 rings (SSSR count). The third kappa shape index (κ3) is 2.16. The minimum Gasteiger partial charge on any atom is -0.372 e. The van der Waals surface area contributed by atoms with Gasteiger partial charge in [-0.2, -0.15) is 0 Å². The number of rotatable bonds is 2. The molecule has 0 saturated carbocycles. The van der Waals surface area contributed by atoms with Crippen LogP contribution in [0.25, 0.3) is 5.69 Å². The first-order valence-electron chi connectivity index (χ1n) is 6.15. The highest BCUT2D eigenvalue weighted by atomic mass is 15.4. The molecular formula is C13H16N4. The molecule has 1 saturated heterocycles. The van der Waals surface area contributed by atoms with Crippen LogP contribution in [0.4, 0.5) is 5.69 Å². The third-order valence-corrected chi connectivity index (χ3v) is 3.26. The van der Waals surface area contributed by atoms with Gasteiger partial charge in [-0.3, -0.25) is 0 Å². The lowest BCUT2D eigenvalue weighted by atomic mass is 10.1. The second kappa shape index (κ2) is 4.57. The number of benzene rings is 1. The maximum Gasteiger partial charge on any atom is 0.0697 e. The average Bonchev–Trinajstić information content (AvgIpc) is 2.94. The first-order valence-corrected chi connectivity index (χ1v) is 6.15. The monoisotopic (exact) mass is 228 g/mol. The molecule has 2 aromatic rings. The molecule has 4 nitrogen and oxygen atoms in total. The highest BCUT2D eigenvalue weighted by Gasteiger charge is 2.10. The summed E-state index contributed by atoms with van der Waals surface area (Å²) >= 11 is 0. The molecule has 0 atom stereocenters. The lowest BCUT2D eigenvalue weighted by molar-refractivity contribution is 0.578. The Bertz CT molecular complexity index is 455. The normalized spacial score (nSPS) is 16.1. The minimum atomic E-state index is 1.06. The number of aromatic nitrogens is 3. The van der Waals surface area contributed by atoms with Crippen LogP contribution in [0.5, 0.6) is 0 Å². The fraction of sp³-hybridized carbons (Fsp3) is 0.385. The Morgan fingerprint density at radius 1 is 0.882 bits per heavy atom. The molecule has 1 aromatic carbocycles. The van der Waals surface area contributed by atoms with Gasteiger partial charge in [-0.15, -0.1) is 5.10 Å². The van der Waals surface area contributed by atoms with Crippen LogP contribution in [0.15, 0.2) is 36.7 Å². The van der Waals surface area contributed by atoms with E-state index in [0.717, 1.165) is 5.69 Å². The molecule has 0 radical (unpaired) electrons. The summed E-state index contributed by atoms with van der Waals surface area (Å²) in [5.41, 5.74) is 2.37. The van der Waals surface area contributed by atoms with Crippen molar-refractivity contribution in [3.05, 3.63) is 36.7 Å². The van der Waals surface area contributed by atoms with Gasteiger partial charge < -0.3 is 4.90 Å². The van der Waals surface area contributed by atoms with Crippen LogP contribution < -0.4 is 4.90 Å². The molecule has 0 unspecified atom stereocenters. The van der Waals surface area contributed by atoms with Crippen molar-refractivity contribution < 1.29 is 0 Å². The fourth-order valence-corrected chi connectivity index (χ4v) is 2.31. The predicted octanol–water partition coefficient (Wildman–Crippen LogP) is 2.26. The van der Waals surface area contributed by atoms with Gasteiger partial charge in [0.05, 0.1) is 18.1 Å². The van der Waals surface area contributed by atoms with Gasteiger partial charge in [-0.05, 0) is 43.5 Å². The Morgan fingerprint density at radius 3 is 2.24 bits per heavy atom. The first-order chi connectivity index (χ1) is 8.43. The summed E-state index contributed by atoms with van der Waals surface area (Å²) in [6.07, 6.45) is 7.54. The number of hydrogen-bond acceptors (Lipinski definition) is 3. The molecule has 4 heteroatoms. The van der Waals surface area contributed by atoms with E-state index in [1.54, 1.807) is 10.9 Å². The summed E-state index contributed by atoms with van der Waals surface area (Å²) < 4.78 is 1.78. The van der Waals surface area contributed by atoms with Crippen LogP contribution in [-0.2, 0) is 0 Å². The van der Waals surface area contributed by atoms with Crippen molar-refractivity contribution in [2.24, 2.45) is 0 Å². The van der Waals surface area contributed by atoms with Crippen molar-refractivity contribution >= 4 is 5.69 Å². The topological polar surface area (TPSA) is 34.0 Å². The standard InChI is InChI=1S/C13H16N4/c1-2-9-16(10-3-1)12-4-6-13(7-5-12)17-11-8-14-15-17/h4-8,11H,1-3,9-10H2. The second-order valence-corrected chi connectivity index (χ2v) is 4.41. The van der Waals surface area contributed by atoms with Gasteiger partial charge in [0.1, 0.15) is 0 Å². The Labute approximate surface area is 101 Å². The molecule has 1 fully saturated rings. The van der Waals surface area contributed by atoms with Crippen molar-refractivity contribution in [2.45, 2.75) is 19.3 Å². The Hall–Kier alpha value is -1.84. The van der Waals surface area contributed by atoms with E-state index in [1.165, 1.54) is 38.0 Å².